The van der Waals surface area contributed by atoms with Gasteiger partial charge in [-0.25, -0.2) is 0 Å². The fourth-order valence-electron chi connectivity index (χ4n) is 4.08. The molecule has 4 nitrogen and oxygen atoms in total. The first kappa shape index (κ1) is 17.4. The summed E-state index contributed by atoms with van der Waals surface area (Å²) < 4.78 is 5.82. The van der Waals surface area contributed by atoms with Crippen LogP contribution in [0.2, 0.25) is 0 Å². The van der Waals surface area contributed by atoms with Gasteiger partial charge in [-0.2, -0.15) is 0 Å². The normalized spacial score (nSPS) is 26.5. The summed E-state index contributed by atoms with van der Waals surface area (Å²) in [6, 6.07) is 7.92. The van der Waals surface area contributed by atoms with E-state index in [9.17, 15) is 4.79 Å². The second kappa shape index (κ2) is 7.66. The molecule has 0 saturated carbocycles. The summed E-state index contributed by atoms with van der Waals surface area (Å²) >= 11 is 0. The predicted molar refractivity (Wildman–Crippen MR) is 96.3 cm³/mol. The Labute approximate surface area is 145 Å². The lowest BCUT2D eigenvalue weighted by atomic mass is 9.95. The van der Waals surface area contributed by atoms with Crippen molar-refractivity contribution in [2.24, 2.45) is 5.92 Å². The molecule has 2 aliphatic heterocycles. The van der Waals surface area contributed by atoms with E-state index in [2.05, 4.69) is 18.7 Å². The predicted octanol–water partition coefficient (Wildman–Crippen LogP) is 2.96. The molecule has 1 aromatic rings. The molecule has 0 radical (unpaired) electrons. The van der Waals surface area contributed by atoms with Crippen LogP contribution >= 0.6 is 0 Å². The first-order valence-electron chi connectivity index (χ1n) is 9.25. The number of hydrogen-bond acceptors (Lipinski definition) is 3. The van der Waals surface area contributed by atoms with Crippen LogP contribution in [0.25, 0.3) is 0 Å². The number of benzene rings is 1. The number of carbonyl (C=O) groups excluding carboxylic acids is 1. The van der Waals surface area contributed by atoms with Crippen molar-refractivity contribution in [1.82, 2.24) is 9.80 Å². The maximum Gasteiger partial charge on any atom is 0.253 e. The zero-order valence-electron chi connectivity index (χ0n) is 15.2. The number of nitrogens with zero attached hydrogens (tertiary/aromatic N) is 2. The largest absolute Gasteiger partial charge is 0.373 e. The number of piperidine rings is 1. The van der Waals surface area contributed by atoms with E-state index in [-0.39, 0.29) is 5.91 Å². The molecule has 2 heterocycles. The van der Waals surface area contributed by atoms with Crippen LogP contribution in [-0.4, -0.2) is 60.6 Å². The van der Waals surface area contributed by atoms with Crippen LogP contribution in [0.4, 0.5) is 0 Å². The third kappa shape index (κ3) is 4.37. The summed E-state index contributed by atoms with van der Waals surface area (Å²) in [6.07, 6.45) is 2.88. The number of amides is 1. The minimum Gasteiger partial charge on any atom is -0.373 e. The topological polar surface area (TPSA) is 32.8 Å². The van der Waals surface area contributed by atoms with E-state index < -0.39 is 0 Å². The third-order valence-electron chi connectivity index (χ3n) is 5.18. The molecule has 2 unspecified atom stereocenters. The van der Waals surface area contributed by atoms with Gasteiger partial charge in [0, 0.05) is 38.3 Å². The Balaban J connectivity index is 1.49. The van der Waals surface area contributed by atoms with Crippen LogP contribution in [0.5, 0.6) is 0 Å². The highest BCUT2D eigenvalue weighted by molar-refractivity contribution is 5.94. The summed E-state index contributed by atoms with van der Waals surface area (Å²) in [5.41, 5.74) is 1.97. The number of aryl methyl sites for hydroxylation is 1. The summed E-state index contributed by atoms with van der Waals surface area (Å²) in [5, 5.41) is 0. The quantitative estimate of drug-likeness (QED) is 0.854. The summed E-state index contributed by atoms with van der Waals surface area (Å²) in [7, 11) is 0. The molecule has 2 aliphatic rings. The maximum absolute atomic E-state index is 12.6. The molecule has 24 heavy (non-hydrogen) atoms. The van der Waals surface area contributed by atoms with Gasteiger partial charge < -0.3 is 9.64 Å². The summed E-state index contributed by atoms with van der Waals surface area (Å²) in [4.78, 5) is 17.2. The lowest BCUT2D eigenvalue weighted by Gasteiger charge is -2.39. The van der Waals surface area contributed by atoms with Gasteiger partial charge in [0.05, 0.1) is 12.2 Å². The number of hydrogen-bond donors (Lipinski definition) is 0. The van der Waals surface area contributed by atoms with Gasteiger partial charge in [-0.15, -0.1) is 0 Å². The molecule has 2 fully saturated rings. The van der Waals surface area contributed by atoms with Gasteiger partial charge in [-0.3, -0.25) is 9.69 Å². The van der Waals surface area contributed by atoms with Crippen LogP contribution in [0, 0.1) is 12.8 Å². The van der Waals surface area contributed by atoms with Gasteiger partial charge in [0.1, 0.15) is 0 Å². The SMILES string of the molecule is Cc1cccc(C(=O)N2CCC(CN3CC(C)OC(C)C3)CC2)c1. The van der Waals surface area contributed by atoms with E-state index in [1.165, 1.54) is 0 Å². The van der Waals surface area contributed by atoms with E-state index in [0.29, 0.717) is 18.1 Å². The van der Waals surface area contributed by atoms with Crippen molar-refractivity contribution >= 4 is 5.91 Å². The standard InChI is InChI=1S/C20H30N2O2/c1-15-5-4-6-19(11-15)20(23)22-9-7-18(8-10-22)14-21-12-16(2)24-17(3)13-21/h4-6,11,16-18H,7-10,12-14H2,1-3H3. The van der Waals surface area contributed by atoms with Gasteiger partial charge in [-0.05, 0) is 51.7 Å². The second-order valence-electron chi connectivity index (χ2n) is 7.58. The molecule has 1 amide bonds. The summed E-state index contributed by atoms with van der Waals surface area (Å²) in [6.45, 7) is 11.3. The van der Waals surface area contributed by atoms with E-state index >= 15 is 0 Å². The Kier molecular flexibility index (Phi) is 5.57. The number of ether oxygens (including phenoxy) is 1. The van der Waals surface area contributed by atoms with Gasteiger partial charge in [0.25, 0.3) is 5.91 Å². The van der Waals surface area contributed by atoms with Gasteiger partial charge in [0.15, 0.2) is 0 Å². The lowest BCUT2D eigenvalue weighted by Crippen LogP contribution is -2.48. The zero-order valence-corrected chi connectivity index (χ0v) is 15.2. The average Bonchev–Trinajstić information content (AvgIpc) is 2.54. The molecule has 0 spiro atoms. The molecule has 132 valence electrons. The molecular weight excluding hydrogens is 300 g/mol. The molecule has 2 atom stereocenters. The Morgan fingerprint density at radius 1 is 1.17 bits per heavy atom. The van der Waals surface area contributed by atoms with Crippen LogP contribution < -0.4 is 0 Å². The molecule has 3 rings (SSSR count). The van der Waals surface area contributed by atoms with Crippen molar-refractivity contribution in [3.63, 3.8) is 0 Å². The van der Waals surface area contributed by atoms with Crippen LogP contribution in [0.1, 0.15) is 42.6 Å². The summed E-state index contributed by atoms with van der Waals surface area (Å²) in [5.74, 6) is 0.884. The first-order valence-corrected chi connectivity index (χ1v) is 9.25. The van der Waals surface area contributed by atoms with Crippen molar-refractivity contribution < 1.29 is 9.53 Å². The number of likely N-dealkylation sites (tertiary alicyclic amines) is 1. The van der Waals surface area contributed by atoms with Gasteiger partial charge in [0.2, 0.25) is 0 Å². The lowest BCUT2D eigenvalue weighted by molar-refractivity contribution is -0.0728. The monoisotopic (exact) mass is 330 g/mol. The van der Waals surface area contributed by atoms with Crippen LogP contribution in [0.3, 0.4) is 0 Å². The Morgan fingerprint density at radius 3 is 2.46 bits per heavy atom. The molecule has 0 N–H and O–H groups in total. The van der Waals surface area contributed by atoms with Crippen molar-refractivity contribution in [1.29, 1.82) is 0 Å². The zero-order chi connectivity index (χ0) is 17.1. The highest BCUT2D eigenvalue weighted by Crippen LogP contribution is 2.22. The number of rotatable bonds is 3. The Hall–Kier alpha value is -1.39. The van der Waals surface area contributed by atoms with E-state index in [1.54, 1.807) is 0 Å². The van der Waals surface area contributed by atoms with E-state index in [4.69, 9.17) is 4.74 Å². The molecular formula is C20H30N2O2. The highest BCUT2D eigenvalue weighted by Gasteiger charge is 2.28. The number of carbonyl (C=O) groups is 1. The smallest absolute Gasteiger partial charge is 0.253 e. The third-order valence-corrected chi connectivity index (χ3v) is 5.18. The van der Waals surface area contributed by atoms with Crippen molar-refractivity contribution in [3.8, 4) is 0 Å². The van der Waals surface area contributed by atoms with Gasteiger partial charge >= 0.3 is 0 Å². The fourth-order valence-corrected chi connectivity index (χ4v) is 4.08. The van der Waals surface area contributed by atoms with Crippen molar-refractivity contribution in [3.05, 3.63) is 35.4 Å². The fraction of sp³-hybridized carbons (Fsp3) is 0.650. The Morgan fingerprint density at radius 2 is 1.83 bits per heavy atom. The minimum atomic E-state index is 0.186. The molecule has 0 aromatic heterocycles. The second-order valence-corrected chi connectivity index (χ2v) is 7.58. The number of morpholine rings is 1. The molecule has 0 aliphatic carbocycles. The first-order chi connectivity index (χ1) is 11.5. The molecule has 4 heteroatoms. The highest BCUT2D eigenvalue weighted by atomic mass is 16.5. The minimum absolute atomic E-state index is 0.186. The van der Waals surface area contributed by atoms with Gasteiger partial charge in [-0.1, -0.05) is 17.7 Å². The van der Waals surface area contributed by atoms with Crippen molar-refractivity contribution in [2.75, 3.05) is 32.7 Å². The van der Waals surface area contributed by atoms with E-state index in [1.807, 2.05) is 36.1 Å². The average molecular weight is 330 g/mol. The maximum atomic E-state index is 12.6. The van der Waals surface area contributed by atoms with Crippen LogP contribution in [-0.2, 0) is 4.74 Å². The Bertz CT molecular complexity index is 557. The van der Waals surface area contributed by atoms with Crippen molar-refractivity contribution in [2.45, 2.75) is 45.8 Å². The molecule has 2 saturated heterocycles. The van der Waals surface area contributed by atoms with Crippen LogP contribution in [0.15, 0.2) is 24.3 Å². The van der Waals surface area contributed by atoms with E-state index in [0.717, 1.165) is 56.7 Å². The molecule has 1 aromatic carbocycles. The molecule has 0 bridgehead atoms.